The zero-order valence-electron chi connectivity index (χ0n) is 9.71. The number of ether oxygens (including phenoxy) is 1. The van der Waals surface area contributed by atoms with Crippen molar-refractivity contribution >= 4 is 0 Å². The summed E-state index contributed by atoms with van der Waals surface area (Å²) in [5.74, 6) is 0.858. The maximum Gasteiger partial charge on any atom is 0.138 e. The molecular weight excluding hydrogens is 202 g/mol. The Balaban J connectivity index is 2.17. The van der Waals surface area contributed by atoms with Crippen molar-refractivity contribution in [3.05, 3.63) is 36.9 Å². The molecule has 0 amide bonds. The van der Waals surface area contributed by atoms with Gasteiger partial charge >= 0.3 is 0 Å². The Morgan fingerprint density at radius 3 is 2.31 bits per heavy atom. The van der Waals surface area contributed by atoms with E-state index in [0.717, 1.165) is 11.4 Å². The molecule has 0 N–H and O–H groups in total. The van der Waals surface area contributed by atoms with Gasteiger partial charge in [-0.15, -0.1) is 0 Å². The van der Waals surface area contributed by atoms with Crippen LogP contribution in [-0.4, -0.2) is 20.4 Å². The lowest BCUT2D eigenvalue weighted by atomic mass is 10.2. The predicted molar refractivity (Wildman–Crippen MR) is 61.7 cm³/mol. The van der Waals surface area contributed by atoms with E-state index in [1.807, 2.05) is 45.0 Å². The van der Waals surface area contributed by atoms with Gasteiger partial charge in [0.1, 0.15) is 24.0 Å². The number of benzene rings is 1. The van der Waals surface area contributed by atoms with E-state index in [0.29, 0.717) is 0 Å². The van der Waals surface area contributed by atoms with Gasteiger partial charge in [0.2, 0.25) is 0 Å². The second kappa shape index (κ2) is 3.96. The SMILES string of the molecule is CC(C)(C)Oc1ccc(-n2cncn2)cc1. The molecule has 0 aliphatic carbocycles. The minimum atomic E-state index is -0.172. The first-order valence-electron chi connectivity index (χ1n) is 5.19. The second-order valence-electron chi connectivity index (χ2n) is 4.55. The van der Waals surface area contributed by atoms with Crippen LogP contribution in [0.25, 0.3) is 5.69 Å². The fraction of sp³-hybridized carbons (Fsp3) is 0.333. The standard InChI is InChI=1S/C12H15N3O/c1-12(2,3)16-11-6-4-10(5-7-11)15-9-13-8-14-15/h4-9H,1-3H3. The second-order valence-corrected chi connectivity index (χ2v) is 4.55. The van der Waals surface area contributed by atoms with Crippen LogP contribution >= 0.6 is 0 Å². The van der Waals surface area contributed by atoms with Crippen molar-refractivity contribution in [1.82, 2.24) is 14.8 Å². The van der Waals surface area contributed by atoms with Crippen LogP contribution in [-0.2, 0) is 0 Å². The summed E-state index contributed by atoms with van der Waals surface area (Å²) in [6.45, 7) is 6.08. The van der Waals surface area contributed by atoms with E-state index < -0.39 is 0 Å². The summed E-state index contributed by atoms with van der Waals surface area (Å²) in [6.07, 6.45) is 3.18. The van der Waals surface area contributed by atoms with Gasteiger partial charge in [0.05, 0.1) is 5.69 Å². The Morgan fingerprint density at radius 1 is 1.12 bits per heavy atom. The molecule has 0 aliphatic heterocycles. The lowest BCUT2D eigenvalue weighted by Gasteiger charge is -2.21. The van der Waals surface area contributed by atoms with Crippen LogP contribution in [0.2, 0.25) is 0 Å². The quantitative estimate of drug-likeness (QED) is 0.775. The Hall–Kier alpha value is -1.84. The molecule has 0 aliphatic rings. The van der Waals surface area contributed by atoms with Gasteiger partial charge in [-0.1, -0.05) is 0 Å². The molecule has 2 aromatic rings. The van der Waals surface area contributed by atoms with Crippen LogP contribution in [0.3, 0.4) is 0 Å². The lowest BCUT2D eigenvalue weighted by Crippen LogP contribution is -2.22. The van der Waals surface area contributed by atoms with E-state index in [4.69, 9.17) is 4.74 Å². The Kier molecular flexibility index (Phi) is 2.64. The molecule has 1 heterocycles. The molecule has 0 atom stereocenters. The molecule has 0 unspecified atom stereocenters. The summed E-state index contributed by atoms with van der Waals surface area (Å²) in [7, 11) is 0. The van der Waals surface area contributed by atoms with Crippen LogP contribution in [0.15, 0.2) is 36.9 Å². The maximum atomic E-state index is 5.73. The highest BCUT2D eigenvalue weighted by atomic mass is 16.5. The third-order valence-corrected chi connectivity index (χ3v) is 1.94. The Bertz CT molecular complexity index is 440. The molecular formula is C12H15N3O. The van der Waals surface area contributed by atoms with Crippen molar-refractivity contribution in [2.75, 3.05) is 0 Å². The van der Waals surface area contributed by atoms with Crippen LogP contribution in [0.5, 0.6) is 5.75 Å². The van der Waals surface area contributed by atoms with Crippen molar-refractivity contribution in [2.45, 2.75) is 26.4 Å². The molecule has 1 aromatic heterocycles. The third kappa shape index (κ3) is 2.59. The number of hydrogen-bond acceptors (Lipinski definition) is 3. The predicted octanol–water partition coefficient (Wildman–Crippen LogP) is 2.44. The molecule has 84 valence electrons. The molecule has 2 rings (SSSR count). The molecule has 1 aromatic carbocycles. The lowest BCUT2D eigenvalue weighted by molar-refractivity contribution is 0.131. The monoisotopic (exact) mass is 217 g/mol. The van der Waals surface area contributed by atoms with Gasteiger partial charge in [-0.05, 0) is 45.0 Å². The molecule has 4 nitrogen and oxygen atoms in total. The van der Waals surface area contributed by atoms with Crippen molar-refractivity contribution < 1.29 is 4.74 Å². The number of nitrogens with zero attached hydrogens (tertiary/aromatic N) is 3. The average Bonchev–Trinajstić information content (AvgIpc) is 2.69. The molecule has 4 heteroatoms. The van der Waals surface area contributed by atoms with E-state index >= 15 is 0 Å². The average molecular weight is 217 g/mol. The zero-order chi connectivity index (χ0) is 11.6. The minimum absolute atomic E-state index is 0.172. The number of aromatic nitrogens is 3. The van der Waals surface area contributed by atoms with Crippen LogP contribution in [0.1, 0.15) is 20.8 Å². The summed E-state index contributed by atoms with van der Waals surface area (Å²) >= 11 is 0. The minimum Gasteiger partial charge on any atom is -0.488 e. The Morgan fingerprint density at radius 2 is 1.81 bits per heavy atom. The zero-order valence-corrected chi connectivity index (χ0v) is 9.71. The topological polar surface area (TPSA) is 39.9 Å². The highest BCUT2D eigenvalue weighted by molar-refractivity contribution is 5.36. The summed E-state index contributed by atoms with van der Waals surface area (Å²) in [5, 5.41) is 4.06. The third-order valence-electron chi connectivity index (χ3n) is 1.94. The number of hydrogen-bond donors (Lipinski definition) is 0. The van der Waals surface area contributed by atoms with Gasteiger partial charge < -0.3 is 4.74 Å². The van der Waals surface area contributed by atoms with Gasteiger partial charge in [0.15, 0.2) is 0 Å². The van der Waals surface area contributed by atoms with Gasteiger partial charge in [0.25, 0.3) is 0 Å². The van der Waals surface area contributed by atoms with E-state index in [1.54, 1.807) is 11.0 Å². The molecule has 16 heavy (non-hydrogen) atoms. The molecule has 0 radical (unpaired) electrons. The van der Waals surface area contributed by atoms with Crippen LogP contribution in [0, 0.1) is 0 Å². The molecule has 0 spiro atoms. The maximum absolute atomic E-state index is 5.73. The summed E-state index contributed by atoms with van der Waals surface area (Å²) in [6, 6.07) is 7.77. The largest absolute Gasteiger partial charge is 0.488 e. The van der Waals surface area contributed by atoms with Gasteiger partial charge in [-0.3, -0.25) is 0 Å². The summed E-state index contributed by atoms with van der Waals surface area (Å²) < 4.78 is 7.44. The van der Waals surface area contributed by atoms with Crippen LogP contribution in [0.4, 0.5) is 0 Å². The first-order chi connectivity index (χ1) is 7.54. The van der Waals surface area contributed by atoms with Gasteiger partial charge in [-0.2, -0.15) is 5.10 Å². The van der Waals surface area contributed by atoms with Crippen LogP contribution < -0.4 is 4.74 Å². The van der Waals surface area contributed by atoms with E-state index in [9.17, 15) is 0 Å². The smallest absolute Gasteiger partial charge is 0.138 e. The van der Waals surface area contributed by atoms with Crippen molar-refractivity contribution in [2.24, 2.45) is 0 Å². The van der Waals surface area contributed by atoms with E-state index in [1.165, 1.54) is 6.33 Å². The molecule has 0 saturated heterocycles. The normalized spacial score (nSPS) is 11.4. The van der Waals surface area contributed by atoms with Gasteiger partial charge in [0, 0.05) is 0 Å². The molecule has 0 saturated carbocycles. The molecule has 0 fully saturated rings. The van der Waals surface area contributed by atoms with Crippen molar-refractivity contribution in [3.63, 3.8) is 0 Å². The highest BCUT2D eigenvalue weighted by Gasteiger charge is 2.11. The number of rotatable bonds is 2. The Labute approximate surface area is 94.9 Å². The van der Waals surface area contributed by atoms with E-state index in [2.05, 4.69) is 10.1 Å². The van der Waals surface area contributed by atoms with E-state index in [-0.39, 0.29) is 5.60 Å². The molecule has 0 bridgehead atoms. The van der Waals surface area contributed by atoms with Crippen molar-refractivity contribution in [3.8, 4) is 11.4 Å². The first kappa shape index (κ1) is 10.7. The summed E-state index contributed by atoms with van der Waals surface area (Å²) in [5.41, 5.74) is 0.799. The van der Waals surface area contributed by atoms with Gasteiger partial charge in [-0.25, -0.2) is 9.67 Å². The van der Waals surface area contributed by atoms with Crippen molar-refractivity contribution in [1.29, 1.82) is 0 Å². The fourth-order valence-corrected chi connectivity index (χ4v) is 1.36. The first-order valence-corrected chi connectivity index (χ1v) is 5.19. The fourth-order valence-electron chi connectivity index (χ4n) is 1.36. The summed E-state index contributed by atoms with van der Waals surface area (Å²) in [4.78, 5) is 3.90. The highest BCUT2D eigenvalue weighted by Crippen LogP contribution is 2.19.